The van der Waals surface area contributed by atoms with Gasteiger partial charge in [0.1, 0.15) is 11.3 Å². The van der Waals surface area contributed by atoms with E-state index in [0.717, 1.165) is 19.3 Å². The molecule has 6 heteroatoms. The molecule has 0 amide bonds. The molecular weight excluding hydrogens is 252 g/mol. The zero-order valence-corrected chi connectivity index (χ0v) is 10.4. The Morgan fingerprint density at radius 1 is 1.11 bits per heavy atom. The number of hydrogen-bond acceptors (Lipinski definition) is 6. The highest BCUT2D eigenvalue weighted by atomic mass is 16.5. The fourth-order valence-electron chi connectivity index (χ4n) is 1.27. The number of esters is 2. The first-order chi connectivity index (χ1) is 8.99. The van der Waals surface area contributed by atoms with Gasteiger partial charge in [-0.05, 0) is 24.3 Å². The Balaban J connectivity index is 3.02. The molecule has 1 rings (SSSR count). The monoisotopic (exact) mass is 264 g/mol. The number of allylic oxidation sites excluding steroid dienone is 1. The number of carbonyl (C=O) groups is 3. The van der Waals surface area contributed by atoms with Crippen molar-refractivity contribution in [3.05, 3.63) is 41.5 Å². The lowest BCUT2D eigenvalue weighted by Gasteiger charge is -2.04. The van der Waals surface area contributed by atoms with Gasteiger partial charge in [-0.1, -0.05) is 0 Å². The van der Waals surface area contributed by atoms with Crippen LogP contribution in [0.5, 0.6) is 5.75 Å². The molecule has 0 aliphatic rings. The van der Waals surface area contributed by atoms with Gasteiger partial charge in [-0.3, -0.25) is 4.79 Å². The average Bonchev–Trinajstić information content (AvgIpc) is 2.43. The fourth-order valence-corrected chi connectivity index (χ4v) is 1.27. The summed E-state index contributed by atoms with van der Waals surface area (Å²) in [5.41, 5.74) is 0.0122. The molecule has 0 heterocycles. The number of benzene rings is 1. The lowest BCUT2D eigenvalue weighted by Crippen LogP contribution is -2.05. The molecule has 0 fully saturated rings. The number of methoxy groups -OCH3 is 2. The lowest BCUT2D eigenvalue weighted by atomic mass is 10.1. The molecule has 100 valence electrons. The molecule has 0 spiro atoms. The van der Waals surface area contributed by atoms with Crippen LogP contribution in [0.15, 0.2) is 30.4 Å². The third-order valence-corrected chi connectivity index (χ3v) is 2.26. The fraction of sp³-hybridized carbons (Fsp3) is 0.154. The number of aromatic hydroxyl groups is 1. The summed E-state index contributed by atoms with van der Waals surface area (Å²) in [5.74, 6) is -2.22. The van der Waals surface area contributed by atoms with Crippen molar-refractivity contribution in [2.24, 2.45) is 0 Å². The van der Waals surface area contributed by atoms with Crippen molar-refractivity contribution in [2.75, 3.05) is 14.2 Å². The van der Waals surface area contributed by atoms with Crippen molar-refractivity contribution in [3.8, 4) is 5.75 Å². The van der Waals surface area contributed by atoms with E-state index in [0.29, 0.717) is 0 Å². The minimum atomic E-state index is -0.760. The summed E-state index contributed by atoms with van der Waals surface area (Å²) >= 11 is 0. The van der Waals surface area contributed by atoms with Crippen LogP contribution in [0.25, 0.3) is 0 Å². The molecule has 6 nitrogen and oxygen atoms in total. The number of carbonyl (C=O) groups excluding carboxylic acids is 3. The maximum Gasteiger partial charge on any atom is 0.341 e. The van der Waals surface area contributed by atoms with E-state index in [1.165, 1.54) is 25.3 Å². The maximum absolute atomic E-state index is 11.7. The first-order valence-electron chi connectivity index (χ1n) is 5.21. The highest BCUT2D eigenvalue weighted by molar-refractivity contribution is 6.08. The predicted molar refractivity (Wildman–Crippen MR) is 64.9 cm³/mol. The molecular formula is C13H12O6. The van der Waals surface area contributed by atoms with Gasteiger partial charge < -0.3 is 14.6 Å². The van der Waals surface area contributed by atoms with Crippen LogP contribution in [0.3, 0.4) is 0 Å². The molecule has 0 saturated heterocycles. The number of ether oxygens (including phenoxy) is 2. The quantitative estimate of drug-likeness (QED) is 0.497. The van der Waals surface area contributed by atoms with Crippen molar-refractivity contribution >= 4 is 17.7 Å². The summed E-state index contributed by atoms with van der Waals surface area (Å²) in [4.78, 5) is 33.9. The van der Waals surface area contributed by atoms with Crippen molar-refractivity contribution in [1.82, 2.24) is 0 Å². The smallest absolute Gasteiger partial charge is 0.341 e. The molecule has 0 atom stereocenters. The summed E-state index contributed by atoms with van der Waals surface area (Å²) < 4.78 is 8.81. The Morgan fingerprint density at radius 2 is 1.79 bits per heavy atom. The van der Waals surface area contributed by atoms with E-state index in [1.807, 2.05) is 0 Å². The standard InChI is InChI=1S/C13H12O6/c1-18-12(16)6-5-10(14)8-3-4-11(15)9(7-8)13(17)19-2/h3-7,15H,1-2H3/b6-5+. The van der Waals surface area contributed by atoms with Crippen LogP contribution < -0.4 is 0 Å². The Kier molecular flexibility index (Phi) is 4.82. The van der Waals surface area contributed by atoms with Gasteiger partial charge in [0, 0.05) is 11.6 Å². The van der Waals surface area contributed by atoms with Crippen LogP contribution in [-0.4, -0.2) is 37.0 Å². The van der Waals surface area contributed by atoms with Crippen LogP contribution in [0.1, 0.15) is 20.7 Å². The highest BCUT2D eigenvalue weighted by Gasteiger charge is 2.14. The van der Waals surface area contributed by atoms with E-state index >= 15 is 0 Å². The number of phenolic OH excluding ortho intramolecular Hbond substituents is 1. The molecule has 0 aliphatic heterocycles. The van der Waals surface area contributed by atoms with Crippen molar-refractivity contribution in [3.63, 3.8) is 0 Å². The van der Waals surface area contributed by atoms with Gasteiger partial charge in [0.25, 0.3) is 0 Å². The zero-order chi connectivity index (χ0) is 14.4. The van der Waals surface area contributed by atoms with E-state index in [9.17, 15) is 19.5 Å². The largest absolute Gasteiger partial charge is 0.507 e. The highest BCUT2D eigenvalue weighted by Crippen LogP contribution is 2.19. The van der Waals surface area contributed by atoms with Crippen LogP contribution in [0.2, 0.25) is 0 Å². The molecule has 1 aromatic carbocycles. The van der Waals surface area contributed by atoms with Crippen LogP contribution >= 0.6 is 0 Å². The van der Waals surface area contributed by atoms with Gasteiger partial charge >= 0.3 is 11.9 Å². The first kappa shape index (κ1) is 14.4. The minimum Gasteiger partial charge on any atom is -0.507 e. The Bertz CT molecular complexity index is 544. The maximum atomic E-state index is 11.7. The number of rotatable bonds is 4. The molecule has 0 saturated carbocycles. The Hall–Kier alpha value is -2.63. The Morgan fingerprint density at radius 3 is 2.37 bits per heavy atom. The molecule has 0 bridgehead atoms. The first-order valence-corrected chi connectivity index (χ1v) is 5.21. The molecule has 0 aromatic heterocycles. The molecule has 0 radical (unpaired) electrons. The molecule has 1 aromatic rings. The summed E-state index contributed by atoms with van der Waals surface area (Å²) in [7, 11) is 2.35. The number of hydrogen-bond donors (Lipinski definition) is 1. The molecule has 1 N–H and O–H groups in total. The summed E-state index contributed by atoms with van der Waals surface area (Å²) in [6, 6.07) is 3.71. The predicted octanol–water partition coefficient (Wildman–Crippen LogP) is 1.09. The van der Waals surface area contributed by atoms with Crippen molar-refractivity contribution in [1.29, 1.82) is 0 Å². The second-order valence-corrected chi connectivity index (χ2v) is 3.44. The van der Waals surface area contributed by atoms with Crippen LogP contribution in [0.4, 0.5) is 0 Å². The molecule has 0 aliphatic carbocycles. The van der Waals surface area contributed by atoms with Crippen LogP contribution in [-0.2, 0) is 14.3 Å². The van der Waals surface area contributed by atoms with Gasteiger partial charge in [-0.2, -0.15) is 0 Å². The van der Waals surface area contributed by atoms with E-state index in [2.05, 4.69) is 9.47 Å². The Labute approximate surface area is 109 Å². The molecule has 0 unspecified atom stereocenters. The SMILES string of the molecule is COC(=O)/C=C/C(=O)c1ccc(O)c(C(=O)OC)c1. The molecule has 19 heavy (non-hydrogen) atoms. The summed E-state index contributed by atoms with van der Waals surface area (Å²) in [5, 5.41) is 9.47. The van der Waals surface area contributed by atoms with Gasteiger partial charge in [-0.25, -0.2) is 9.59 Å². The second-order valence-electron chi connectivity index (χ2n) is 3.44. The van der Waals surface area contributed by atoms with Gasteiger partial charge in [0.2, 0.25) is 0 Å². The number of phenols is 1. The zero-order valence-electron chi connectivity index (χ0n) is 10.4. The van der Waals surface area contributed by atoms with E-state index in [-0.39, 0.29) is 16.9 Å². The summed E-state index contributed by atoms with van der Waals surface area (Å²) in [6.07, 6.45) is 1.98. The van der Waals surface area contributed by atoms with E-state index < -0.39 is 17.7 Å². The van der Waals surface area contributed by atoms with E-state index in [4.69, 9.17) is 0 Å². The normalized spacial score (nSPS) is 10.2. The summed E-state index contributed by atoms with van der Waals surface area (Å²) in [6.45, 7) is 0. The topological polar surface area (TPSA) is 89.9 Å². The van der Waals surface area contributed by atoms with E-state index in [1.54, 1.807) is 0 Å². The number of ketones is 1. The van der Waals surface area contributed by atoms with Crippen molar-refractivity contribution in [2.45, 2.75) is 0 Å². The second kappa shape index (κ2) is 6.34. The minimum absolute atomic E-state index is 0.125. The van der Waals surface area contributed by atoms with Gasteiger partial charge in [0.05, 0.1) is 14.2 Å². The third kappa shape index (κ3) is 3.67. The third-order valence-electron chi connectivity index (χ3n) is 2.26. The van der Waals surface area contributed by atoms with Crippen molar-refractivity contribution < 1.29 is 29.0 Å². The lowest BCUT2D eigenvalue weighted by molar-refractivity contribution is -0.134. The van der Waals surface area contributed by atoms with Gasteiger partial charge in [-0.15, -0.1) is 0 Å². The van der Waals surface area contributed by atoms with Crippen LogP contribution in [0, 0.1) is 0 Å². The average molecular weight is 264 g/mol. The van der Waals surface area contributed by atoms with Gasteiger partial charge in [0.15, 0.2) is 5.78 Å².